The maximum Gasteiger partial charge on any atom is 0.238 e. The van der Waals surface area contributed by atoms with E-state index in [1.165, 1.54) is 0 Å². The van der Waals surface area contributed by atoms with Gasteiger partial charge in [-0.05, 0) is 42.4 Å². The molecule has 0 aliphatic carbocycles. The molecule has 0 saturated carbocycles. The predicted molar refractivity (Wildman–Crippen MR) is 261 cm³/mol. The van der Waals surface area contributed by atoms with Crippen molar-refractivity contribution in [3.63, 3.8) is 0 Å². The van der Waals surface area contributed by atoms with Gasteiger partial charge in [-0.1, -0.05) is 157 Å². The van der Waals surface area contributed by atoms with E-state index < -0.39 is 95.9 Å². The number of benzene rings is 9. The summed E-state index contributed by atoms with van der Waals surface area (Å²) in [5.41, 5.74) is 4.34. The highest BCUT2D eigenvalue weighted by atomic mass is 16.3. The van der Waals surface area contributed by atoms with Crippen LogP contribution in [0.2, 0.25) is 0 Å². The zero-order valence-electron chi connectivity index (χ0n) is 46.2. The second-order valence-corrected chi connectivity index (χ2v) is 15.4. The highest BCUT2D eigenvalue weighted by Crippen LogP contribution is 2.47. The van der Waals surface area contributed by atoms with E-state index in [1.54, 1.807) is 0 Å². The third kappa shape index (κ3) is 4.89. The number of hydrogen-bond donors (Lipinski definition) is 0. The average molecular weight is 832 g/mol. The first kappa shape index (κ1) is 24.6. The minimum absolute atomic E-state index is 0.158. The van der Waals surface area contributed by atoms with Gasteiger partial charge < -0.3 is 13.6 Å². The maximum absolute atomic E-state index is 9.45. The second kappa shape index (κ2) is 13.3. The summed E-state index contributed by atoms with van der Waals surface area (Å²) in [5.74, 6) is -1.06. The van der Waals surface area contributed by atoms with Crippen molar-refractivity contribution in [1.82, 2.24) is 28.7 Å². The van der Waals surface area contributed by atoms with Crippen molar-refractivity contribution in [3.05, 3.63) is 206 Å². The molecule has 298 valence electrons. The van der Waals surface area contributed by atoms with Crippen molar-refractivity contribution in [2.75, 3.05) is 0 Å². The largest absolute Gasteiger partial charge is 0.456 e. The van der Waals surface area contributed by atoms with E-state index in [9.17, 15) is 8.22 Å². The molecule has 5 heterocycles. The molecule has 0 aliphatic heterocycles. The number of furan rings is 1. The molecule has 0 saturated heterocycles. The topological polar surface area (TPSA) is 66.6 Å². The molecule has 0 amide bonds. The number of hydrogen-bond acceptors (Lipinski definition) is 4. The zero-order valence-corrected chi connectivity index (χ0v) is 33.2. The lowest BCUT2D eigenvalue weighted by Gasteiger charge is -2.21. The monoisotopic (exact) mass is 831 g/mol. The molecule has 0 bridgehead atoms. The summed E-state index contributed by atoms with van der Waals surface area (Å²) in [4.78, 5) is 15.4. The smallest absolute Gasteiger partial charge is 0.238 e. The molecule has 64 heavy (non-hydrogen) atoms. The Morgan fingerprint density at radius 3 is 1.47 bits per heavy atom. The van der Waals surface area contributed by atoms with Gasteiger partial charge in [-0.2, -0.15) is 9.97 Å². The zero-order chi connectivity index (χ0) is 53.2. The molecular formula is C57H34N6O. The van der Waals surface area contributed by atoms with Gasteiger partial charge in [0, 0.05) is 49.3 Å². The lowest BCUT2D eigenvalue weighted by Crippen LogP contribution is -2.10. The summed E-state index contributed by atoms with van der Waals surface area (Å²) in [7, 11) is 0. The summed E-state index contributed by atoms with van der Waals surface area (Å²) in [6, 6.07) is 32.6. The highest BCUT2D eigenvalue weighted by molar-refractivity contribution is 6.19. The van der Waals surface area contributed by atoms with Crippen LogP contribution in [0.25, 0.3) is 127 Å². The molecule has 0 fully saturated rings. The van der Waals surface area contributed by atoms with Crippen LogP contribution in [-0.2, 0) is 0 Å². The maximum atomic E-state index is 9.45. The lowest BCUT2D eigenvalue weighted by atomic mass is 10.0. The van der Waals surface area contributed by atoms with Crippen LogP contribution in [0.5, 0.6) is 0 Å². The molecule has 9 aromatic carbocycles. The summed E-state index contributed by atoms with van der Waals surface area (Å²) in [6.07, 6.45) is 0. The molecular weight excluding hydrogens is 785 g/mol. The Hall–Kier alpha value is -8.81. The van der Waals surface area contributed by atoms with Gasteiger partial charge in [0.25, 0.3) is 0 Å². The summed E-state index contributed by atoms with van der Waals surface area (Å²) in [6.45, 7) is 0. The Bertz CT molecular complexity index is 4790. The van der Waals surface area contributed by atoms with Gasteiger partial charge in [0.2, 0.25) is 5.95 Å². The normalized spacial score (nSPS) is 14.9. The van der Waals surface area contributed by atoms with Gasteiger partial charge in [0.1, 0.15) is 11.2 Å². The van der Waals surface area contributed by atoms with E-state index in [-0.39, 0.29) is 27.6 Å². The van der Waals surface area contributed by atoms with Crippen LogP contribution in [0.15, 0.2) is 210 Å². The van der Waals surface area contributed by atoms with Crippen molar-refractivity contribution in [3.8, 4) is 40.1 Å². The fourth-order valence-corrected chi connectivity index (χ4v) is 9.49. The third-order valence-electron chi connectivity index (χ3n) is 12.0. The Balaban J connectivity index is 1.28. The van der Waals surface area contributed by atoms with Crippen LogP contribution in [0.4, 0.5) is 0 Å². The van der Waals surface area contributed by atoms with Gasteiger partial charge in [0.05, 0.1) is 73.2 Å². The first-order chi connectivity index (χ1) is 37.2. The average Bonchev–Trinajstić information content (AvgIpc) is 4.33. The highest BCUT2D eigenvalue weighted by Gasteiger charge is 2.30. The Morgan fingerprint density at radius 1 is 0.391 bits per heavy atom. The van der Waals surface area contributed by atoms with E-state index in [2.05, 4.69) is 9.13 Å². The standard InChI is InChI=1S/C57H34N6O/c1-2-18-35(19-3-1)55-58-56(60-57(59-55)63-47-31-15-8-24-40(47)41-25-9-16-32-48(41)63)53-49(61-43-27-11-4-20-36(43)37-21-5-12-28-44(37)61)34-51-52(42-26-10-17-33-50(42)64-51)54(53)62-45-29-13-6-22-38(45)39-23-7-14-30-46(39)62/h1-34H/i1D,2D,3D,8D,9D,15D,16D,18D,19D,24D,25D,31D,32D. The van der Waals surface area contributed by atoms with E-state index in [0.29, 0.717) is 38.9 Å². The Morgan fingerprint density at radius 2 is 0.875 bits per heavy atom. The van der Waals surface area contributed by atoms with Crippen LogP contribution >= 0.6 is 0 Å². The first-order valence-corrected chi connectivity index (χ1v) is 20.5. The van der Waals surface area contributed by atoms with Crippen molar-refractivity contribution in [2.24, 2.45) is 0 Å². The van der Waals surface area contributed by atoms with E-state index in [1.807, 2.05) is 127 Å². The molecule has 0 aliphatic rings. The van der Waals surface area contributed by atoms with Crippen LogP contribution in [-0.4, -0.2) is 28.7 Å². The lowest BCUT2D eigenvalue weighted by molar-refractivity contribution is 0.668. The molecule has 5 aromatic heterocycles. The van der Waals surface area contributed by atoms with Gasteiger partial charge >= 0.3 is 0 Å². The van der Waals surface area contributed by atoms with E-state index >= 15 is 0 Å². The molecule has 7 nitrogen and oxygen atoms in total. The summed E-state index contributed by atoms with van der Waals surface area (Å²) in [5, 5.41) is 4.47. The molecule has 0 unspecified atom stereocenters. The van der Waals surface area contributed by atoms with Crippen LogP contribution < -0.4 is 0 Å². The molecule has 0 spiro atoms. The Labute approximate surface area is 383 Å². The number of nitrogens with zero attached hydrogens (tertiary/aromatic N) is 6. The van der Waals surface area contributed by atoms with Crippen molar-refractivity contribution < 1.29 is 22.2 Å². The third-order valence-corrected chi connectivity index (χ3v) is 12.0. The van der Waals surface area contributed by atoms with Gasteiger partial charge in [-0.15, -0.1) is 0 Å². The fourth-order valence-electron chi connectivity index (χ4n) is 9.49. The minimum Gasteiger partial charge on any atom is -0.456 e. The minimum atomic E-state index is -0.687. The van der Waals surface area contributed by atoms with Crippen LogP contribution in [0, 0.1) is 0 Å². The Kier molecular flexibility index (Phi) is 5.13. The van der Waals surface area contributed by atoms with E-state index in [0.717, 1.165) is 48.2 Å². The van der Waals surface area contributed by atoms with E-state index in [4.69, 9.17) is 29.0 Å². The predicted octanol–water partition coefficient (Wildman–Crippen LogP) is 14.4. The molecule has 14 rings (SSSR count). The summed E-state index contributed by atoms with van der Waals surface area (Å²) < 4.78 is 130. The number of aromatic nitrogens is 6. The van der Waals surface area contributed by atoms with Crippen molar-refractivity contribution in [2.45, 2.75) is 0 Å². The number of para-hydroxylation sites is 7. The molecule has 14 aromatic rings. The van der Waals surface area contributed by atoms with Crippen molar-refractivity contribution >= 4 is 87.4 Å². The molecule has 7 heteroatoms. The first-order valence-electron chi connectivity index (χ1n) is 27.0. The second-order valence-electron chi connectivity index (χ2n) is 15.4. The quantitative estimate of drug-likeness (QED) is 0.173. The van der Waals surface area contributed by atoms with Gasteiger partial charge in [-0.3, -0.25) is 4.57 Å². The number of fused-ring (bicyclic) bond motifs is 12. The van der Waals surface area contributed by atoms with Gasteiger partial charge in [-0.25, -0.2) is 4.98 Å². The molecule has 0 atom stereocenters. The van der Waals surface area contributed by atoms with Gasteiger partial charge in [0.15, 0.2) is 11.6 Å². The fraction of sp³-hybridized carbons (Fsp3) is 0. The molecule has 0 N–H and O–H groups in total. The van der Waals surface area contributed by atoms with Crippen LogP contribution in [0.3, 0.4) is 0 Å². The van der Waals surface area contributed by atoms with Crippen molar-refractivity contribution in [1.29, 1.82) is 0 Å². The SMILES string of the molecule is [2H]c1c([2H])c([2H])c(-c2nc(-c3c(-n4c5ccccc5c5ccccc54)cc4oc5ccccc5c4c3-n3c4ccccc4c4ccccc43)nc(-n3c4c([2H])c([2H])c([2H])c([2H])c4c4c([2H])c([2H])c([2H])c([2H])c43)n2)c([2H])c1[2H]. The molecule has 0 radical (unpaired) electrons. The van der Waals surface area contributed by atoms with Crippen LogP contribution in [0.1, 0.15) is 17.8 Å². The number of rotatable bonds is 5. The summed E-state index contributed by atoms with van der Waals surface area (Å²) >= 11 is 0.